The van der Waals surface area contributed by atoms with Gasteiger partial charge in [-0.1, -0.05) is 11.6 Å². The quantitative estimate of drug-likeness (QED) is 0.594. The molecule has 0 heterocycles. The first-order valence-corrected chi connectivity index (χ1v) is 3.10. The molecule has 2 nitrogen and oxygen atoms in total. The largest absolute Gasteiger partial charge is 0.258 e. The van der Waals surface area contributed by atoms with Gasteiger partial charge in [-0.15, -0.1) is 0 Å². The van der Waals surface area contributed by atoms with E-state index in [0.717, 1.165) is 0 Å². The molecule has 0 aromatic heterocycles. The number of halogens is 2. The molecule has 54 valence electrons. The summed E-state index contributed by atoms with van der Waals surface area (Å²) in [6.07, 6.45) is 0. The van der Waals surface area contributed by atoms with Gasteiger partial charge in [0.25, 0.3) is 0 Å². The first-order valence-electron chi connectivity index (χ1n) is 2.72. The van der Waals surface area contributed by atoms with Crippen molar-refractivity contribution in [1.29, 1.82) is 0 Å². The van der Waals surface area contributed by atoms with E-state index >= 15 is 0 Å². The van der Waals surface area contributed by atoms with E-state index in [1.165, 1.54) is 12.1 Å². The monoisotopic (exact) mass is 161 g/mol. The van der Waals surface area contributed by atoms with Gasteiger partial charge in [-0.25, -0.2) is 9.82 Å². The molecule has 0 spiro atoms. The van der Waals surface area contributed by atoms with Crippen molar-refractivity contribution < 1.29 is 10.2 Å². The van der Waals surface area contributed by atoms with Crippen molar-refractivity contribution in [1.82, 2.24) is 0 Å². The Morgan fingerprint density at radius 1 is 1.50 bits per heavy atom. The van der Waals surface area contributed by atoms with E-state index in [4.69, 9.17) is 11.6 Å². The van der Waals surface area contributed by atoms with Crippen LogP contribution in [-0.2, 0) is 0 Å². The Bertz CT molecular complexity index is 239. The van der Waals surface area contributed by atoms with Crippen LogP contribution in [0.5, 0.6) is 0 Å². The molecule has 0 amide bonds. The third-order valence-electron chi connectivity index (χ3n) is 1.12. The Morgan fingerprint density at radius 3 is 2.70 bits per heavy atom. The summed E-state index contributed by atoms with van der Waals surface area (Å²) in [5, 5.41) is 0.124. The van der Waals surface area contributed by atoms with Gasteiger partial charge in [0, 0.05) is 6.07 Å². The van der Waals surface area contributed by atoms with Gasteiger partial charge in [0.1, 0.15) is 5.82 Å². The highest BCUT2D eigenvalue weighted by molar-refractivity contribution is 6.30. The second kappa shape index (κ2) is 2.86. The minimum Gasteiger partial charge on any atom is -0.258 e. The normalized spacial score (nSPS) is 9.50. The van der Waals surface area contributed by atoms with Gasteiger partial charge in [-0.05, 0) is 12.1 Å². The highest BCUT2D eigenvalue weighted by atomic mass is 35.5. The SMILES string of the molecule is [NH3+]Nc1ccc(Cl)c(F)c1. The van der Waals surface area contributed by atoms with Crippen molar-refractivity contribution in [3.8, 4) is 0 Å². The van der Waals surface area contributed by atoms with Crippen molar-refractivity contribution >= 4 is 17.3 Å². The van der Waals surface area contributed by atoms with E-state index in [-0.39, 0.29) is 5.02 Å². The van der Waals surface area contributed by atoms with Crippen molar-refractivity contribution in [2.24, 2.45) is 0 Å². The maximum atomic E-state index is 12.6. The molecule has 0 aliphatic carbocycles. The van der Waals surface area contributed by atoms with Crippen LogP contribution in [0.3, 0.4) is 0 Å². The summed E-state index contributed by atoms with van der Waals surface area (Å²) in [4.78, 5) is 0. The molecule has 4 heteroatoms. The molecule has 0 saturated heterocycles. The van der Waals surface area contributed by atoms with Crippen LogP contribution >= 0.6 is 11.6 Å². The van der Waals surface area contributed by atoms with Gasteiger partial charge in [0.2, 0.25) is 0 Å². The lowest BCUT2D eigenvalue weighted by Crippen LogP contribution is -2.56. The third kappa shape index (κ3) is 1.37. The molecule has 0 aliphatic heterocycles. The van der Waals surface area contributed by atoms with Crippen LogP contribution in [0.1, 0.15) is 0 Å². The Kier molecular flexibility index (Phi) is 2.09. The van der Waals surface area contributed by atoms with E-state index in [9.17, 15) is 4.39 Å². The first-order chi connectivity index (χ1) is 4.74. The number of anilines is 1. The number of rotatable bonds is 1. The van der Waals surface area contributed by atoms with Gasteiger partial charge in [-0.3, -0.25) is 5.84 Å². The minimum atomic E-state index is -0.435. The molecule has 10 heavy (non-hydrogen) atoms. The Balaban J connectivity index is 3.04. The molecule has 1 aromatic rings. The van der Waals surface area contributed by atoms with Crippen molar-refractivity contribution in [2.45, 2.75) is 0 Å². The van der Waals surface area contributed by atoms with Crippen LogP contribution in [0.15, 0.2) is 18.2 Å². The number of hydrogen-bond donors (Lipinski definition) is 2. The lowest BCUT2D eigenvalue weighted by molar-refractivity contribution is -0.325. The fourth-order valence-electron chi connectivity index (χ4n) is 0.606. The molecule has 0 atom stereocenters. The van der Waals surface area contributed by atoms with Gasteiger partial charge >= 0.3 is 0 Å². The average Bonchev–Trinajstić information content (AvgIpc) is 1.95. The van der Waals surface area contributed by atoms with Crippen LogP contribution in [0, 0.1) is 5.82 Å². The summed E-state index contributed by atoms with van der Waals surface area (Å²) in [7, 11) is 0. The molecule has 0 fully saturated rings. The number of benzene rings is 1. The summed E-state index contributed by atoms with van der Waals surface area (Å²) < 4.78 is 12.6. The molecule has 0 bridgehead atoms. The van der Waals surface area contributed by atoms with E-state index < -0.39 is 5.82 Å². The summed E-state index contributed by atoms with van der Waals surface area (Å²) in [5.74, 6) is 2.93. The molecule has 1 aromatic carbocycles. The number of quaternary nitrogens is 1. The van der Waals surface area contributed by atoms with Crippen LogP contribution in [0.4, 0.5) is 10.1 Å². The van der Waals surface area contributed by atoms with Crippen LogP contribution in [0.2, 0.25) is 5.02 Å². The Hall–Kier alpha value is -0.800. The predicted octanol–water partition coefficient (Wildman–Crippen LogP) is 1.05. The molecule has 0 radical (unpaired) electrons. The molecule has 0 unspecified atom stereocenters. The van der Waals surface area contributed by atoms with E-state index in [1.54, 1.807) is 6.07 Å². The van der Waals surface area contributed by atoms with E-state index in [1.807, 2.05) is 0 Å². The lowest BCUT2D eigenvalue weighted by Gasteiger charge is -1.96. The molecular formula is C6H7ClFN2+. The first kappa shape index (κ1) is 7.31. The van der Waals surface area contributed by atoms with Gasteiger partial charge in [0.15, 0.2) is 0 Å². The molecule has 0 aliphatic rings. The summed E-state index contributed by atoms with van der Waals surface area (Å²) in [6, 6.07) is 4.41. The average molecular weight is 162 g/mol. The van der Waals surface area contributed by atoms with E-state index in [0.29, 0.717) is 5.69 Å². The van der Waals surface area contributed by atoms with Gasteiger partial charge in [0.05, 0.1) is 10.7 Å². The van der Waals surface area contributed by atoms with Gasteiger partial charge in [-0.2, -0.15) is 0 Å². The number of nitrogens with one attached hydrogen (secondary N) is 1. The fraction of sp³-hybridized carbons (Fsp3) is 0. The second-order valence-corrected chi connectivity index (χ2v) is 2.21. The second-order valence-electron chi connectivity index (χ2n) is 1.81. The topological polar surface area (TPSA) is 39.7 Å². The van der Waals surface area contributed by atoms with Crippen molar-refractivity contribution in [3.63, 3.8) is 0 Å². The van der Waals surface area contributed by atoms with Crippen LogP contribution in [0.25, 0.3) is 0 Å². The highest BCUT2D eigenvalue weighted by Crippen LogP contribution is 2.17. The fourth-order valence-corrected chi connectivity index (χ4v) is 0.724. The minimum absolute atomic E-state index is 0.124. The zero-order chi connectivity index (χ0) is 7.56. The van der Waals surface area contributed by atoms with E-state index in [2.05, 4.69) is 11.3 Å². The Labute approximate surface area is 62.8 Å². The molecule has 1 rings (SSSR count). The van der Waals surface area contributed by atoms with Crippen molar-refractivity contribution in [3.05, 3.63) is 29.0 Å². The molecular weight excluding hydrogens is 155 g/mol. The van der Waals surface area contributed by atoms with Crippen LogP contribution < -0.4 is 11.3 Å². The summed E-state index contributed by atoms with van der Waals surface area (Å²) >= 11 is 5.41. The molecule has 4 N–H and O–H groups in total. The maximum absolute atomic E-state index is 12.6. The zero-order valence-electron chi connectivity index (χ0n) is 5.20. The maximum Gasteiger partial charge on any atom is 0.144 e. The number of hydrogen-bond acceptors (Lipinski definition) is 1. The van der Waals surface area contributed by atoms with Gasteiger partial charge < -0.3 is 0 Å². The summed E-state index contributed by atoms with van der Waals surface area (Å²) in [6.45, 7) is 0. The zero-order valence-corrected chi connectivity index (χ0v) is 5.95. The summed E-state index contributed by atoms with van der Waals surface area (Å²) in [5.41, 5.74) is 3.16. The molecule has 0 saturated carbocycles. The van der Waals surface area contributed by atoms with Crippen molar-refractivity contribution in [2.75, 3.05) is 5.43 Å². The smallest absolute Gasteiger partial charge is 0.144 e. The van der Waals surface area contributed by atoms with Crippen LogP contribution in [-0.4, -0.2) is 0 Å². The predicted molar refractivity (Wildman–Crippen MR) is 37.9 cm³/mol. The standard InChI is InChI=1S/C6H6ClFN2/c7-5-2-1-4(10-9)3-6(5)8/h1-3,10H,9H2/p+1. The highest BCUT2D eigenvalue weighted by Gasteiger charge is 1.98. The lowest BCUT2D eigenvalue weighted by atomic mass is 10.3. The third-order valence-corrected chi connectivity index (χ3v) is 1.43. The Morgan fingerprint density at radius 2 is 2.20 bits per heavy atom.